The Labute approximate surface area is 157 Å². The Kier molecular flexibility index (Phi) is 6.02. The number of para-hydroxylation sites is 1. The molecule has 1 N–H and O–H groups in total. The minimum Gasteiger partial charge on any atom is -0.493 e. The molecule has 3 aromatic rings. The number of thiazole rings is 1. The van der Waals surface area contributed by atoms with Crippen LogP contribution in [-0.2, 0) is 6.54 Å². The van der Waals surface area contributed by atoms with E-state index in [1.54, 1.807) is 17.4 Å². The first-order chi connectivity index (χ1) is 12.7. The molecule has 0 unspecified atom stereocenters. The lowest BCUT2D eigenvalue weighted by atomic mass is 10.2. The molecule has 0 aliphatic carbocycles. The predicted octanol–water partition coefficient (Wildman–Crippen LogP) is 4.84. The molecule has 2 aromatic carbocycles. The van der Waals surface area contributed by atoms with E-state index in [0.717, 1.165) is 22.7 Å². The van der Waals surface area contributed by atoms with Gasteiger partial charge in [0, 0.05) is 10.9 Å². The van der Waals surface area contributed by atoms with Crippen LogP contribution in [0.3, 0.4) is 0 Å². The minimum atomic E-state index is -0.151. The maximum absolute atomic E-state index is 12.5. The van der Waals surface area contributed by atoms with Gasteiger partial charge in [-0.05, 0) is 25.5 Å². The van der Waals surface area contributed by atoms with E-state index in [0.29, 0.717) is 24.5 Å². The lowest BCUT2D eigenvalue weighted by Gasteiger charge is -2.10. The lowest BCUT2D eigenvalue weighted by Crippen LogP contribution is -2.23. The third-order valence-corrected chi connectivity index (χ3v) is 4.81. The van der Waals surface area contributed by atoms with Gasteiger partial charge in [-0.2, -0.15) is 0 Å². The van der Waals surface area contributed by atoms with Crippen LogP contribution in [0.5, 0.6) is 5.75 Å². The van der Waals surface area contributed by atoms with Crippen molar-refractivity contribution >= 4 is 17.2 Å². The molecule has 0 spiro atoms. The Morgan fingerprint density at radius 2 is 1.92 bits per heavy atom. The maximum Gasteiger partial charge on any atom is 0.255 e. The van der Waals surface area contributed by atoms with Crippen LogP contribution in [0, 0.1) is 6.92 Å². The van der Waals surface area contributed by atoms with E-state index < -0.39 is 0 Å². The van der Waals surface area contributed by atoms with Crippen LogP contribution in [-0.4, -0.2) is 17.5 Å². The van der Waals surface area contributed by atoms with Crippen LogP contribution in [0.4, 0.5) is 0 Å². The Morgan fingerprint density at radius 1 is 1.15 bits per heavy atom. The molecule has 1 amide bonds. The van der Waals surface area contributed by atoms with E-state index in [4.69, 9.17) is 4.74 Å². The Hall–Kier alpha value is -2.66. The second kappa shape index (κ2) is 8.63. The van der Waals surface area contributed by atoms with Crippen LogP contribution in [0.25, 0.3) is 10.6 Å². The van der Waals surface area contributed by atoms with Crippen LogP contribution in [0.15, 0.2) is 53.9 Å². The van der Waals surface area contributed by atoms with Crippen LogP contribution in [0.2, 0.25) is 0 Å². The largest absolute Gasteiger partial charge is 0.493 e. The molecule has 0 fully saturated rings. The van der Waals surface area contributed by atoms with Gasteiger partial charge in [0.1, 0.15) is 10.8 Å². The normalized spacial score (nSPS) is 10.5. The second-order valence-electron chi connectivity index (χ2n) is 6.04. The van der Waals surface area contributed by atoms with Gasteiger partial charge in [-0.25, -0.2) is 4.98 Å². The molecule has 3 rings (SSSR count). The fourth-order valence-corrected chi connectivity index (χ4v) is 3.30. The van der Waals surface area contributed by atoms with Gasteiger partial charge in [-0.1, -0.05) is 48.9 Å². The zero-order chi connectivity index (χ0) is 18.4. The minimum absolute atomic E-state index is 0.151. The molecule has 0 bridgehead atoms. The van der Waals surface area contributed by atoms with Crippen LogP contribution < -0.4 is 10.1 Å². The summed E-state index contributed by atoms with van der Waals surface area (Å²) in [4.78, 5) is 17.1. The summed E-state index contributed by atoms with van der Waals surface area (Å²) in [6, 6.07) is 15.6. The van der Waals surface area contributed by atoms with Crippen molar-refractivity contribution in [1.82, 2.24) is 10.3 Å². The first-order valence-electron chi connectivity index (χ1n) is 8.69. The molecular formula is C21H22N2O2S. The molecule has 1 heterocycles. The highest BCUT2D eigenvalue weighted by Gasteiger charge is 2.12. The molecule has 4 nitrogen and oxygen atoms in total. The van der Waals surface area contributed by atoms with Crippen molar-refractivity contribution in [3.05, 3.63) is 70.7 Å². The number of carbonyl (C=O) groups excluding carboxylic acids is 1. The summed E-state index contributed by atoms with van der Waals surface area (Å²) < 4.78 is 5.66. The van der Waals surface area contributed by atoms with Gasteiger partial charge in [-0.15, -0.1) is 11.3 Å². The number of ether oxygens (including phenoxy) is 1. The van der Waals surface area contributed by atoms with E-state index >= 15 is 0 Å². The topological polar surface area (TPSA) is 51.2 Å². The quantitative estimate of drug-likeness (QED) is 0.651. The van der Waals surface area contributed by atoms with Crippen molar-refractivity contribution in [3.8, 4) is 16.3 Å². The summed E-state index contributed by atoms with van der Waals surface area (Å²) in [5.41, 5.74) is 3.72. The number of nitrogens with zero attached hydrogens (tertiary/aromatic N) is 1. The Morgan fingerprint density at radius 3 is 2.69 bits per heavy atom. The van der Waals surface area contributed by atoms with Gasteiger partial charge < -0.3 is 10.1 Å². The molecule has 0 saturated heterocycles. The highest BCUT2D eigenvalue weighted by molar-refractivity contribution is 7.13. The fraction of sp³-hybridized carbons (Fsp3) is 0.238. The fourth-order valence-electron chi connectivity index (χ4n) is 2.48. The molecule has 0 aliphatic rings. The number of aromatic nitrogens is 1. The number of hydrogen-bond acceptors (Lipinski definition) is 4. The zero-order valence-corrected chi connectivity index (χ0v) is 15.8. The maximum atomic E-state index is 12.5. The molecular weight excluding hydrogens is 344 g/mol. The third-order valence-electron chi connectivity index (χ3n) is 3.87. The highest BCUT2D eigenvalue weighted by atomic mass is 32.1. The average molecular weight is 366 g/mol. The van der Waals surface area contributed by atoms with Gasteiger partial charge >= 0.3 is 0 Å². The number of nitrogens with one attached hydrogen (secondary N) is 1. The van der Waals surface area contributed by atoms with Crippen molar-refractivity contribution in [2.75, 3.05) is 6.61 Å². The smallest absolute Gasteiger partial charge is 0.255 e. The van der Waals surface area contributed by atoms with Gasteiger partial charge in [-0.3, -0.25) is 4.79 Å². The van der Waals surface area contributed by atoms with Crippen molar-refractivity contribution in [1.29, 1.82) is 0 Å². The molecule has 134 valence electrons. The van der Waals surface area contributed by atoms with Crippen molar-refractivity contribution in [3.63, 3.8) is 0 Å². The SMILES string of the molecule is CCCOc1ccccc1C(=O)NCc1csc(-c2ccc(C)cc2)n1. The monoisotopic (exact) mass is 366 g/mol. The Bertz CT molecular complexity index is 872. The summed E-state index contributed by atoms with van der Waals surface area (Å²) in [7, 11) is 0. The van der Waals surface area contributed by atoms with Crippen LogP contribution >= 0.6 is 11.3 Å². The number of rotatable bonds is 7. The summed E-state index contributed by atoms with van der Waals surface area (Å²) in [5, 5.41) is 5.87. The molecule has 0 aliphatic heterocycles. The predicted molar refractivity (Wildman–Crippen MR) is 106 cm³/mol. The molecule has 0 saturated carbocycles. The van der Waals surface area contributed by atoms with E-state index in [-0.39, 0.29) is 5.91 Å². The number of carbonyl (C=O) groups is 1. The summed E-state index contributed by atoms with van der Waals surface area (Å²) in [6.45, 7) is 5.09. The molecule has 26 heavy (non-hydrogen) atoms. The summed E-state index contributed by atoms with van der Waals surface area (Å²) in [5.74, 6) is 0.465. The van der Waals surface area contributed by atoms with E-state index in [9.17, 15) is 4.79 Å². The summed E-state index contributed by atoms with van der Waals surface area (Å²) >= 11 is 1.58. The number of aryl methyl sites for hydroxylation is 1. The van der Waals surface area contributed by atoms with Crippen molar-refractivity contribution in [2.24, 2.45) is 0 Å². The van der Waals surface area contributed by atoms with Gasteiger partial charge in [0.15, 0.2) is 0 Å². The van der Waals surface area contributed by atoms with Gasteiger partial charge in [0.25, 0.3) is 5.91 Å². The molecule has 0 atom stereocenters. The van der Waals surface area contributed by atoms with Crippen molar-refractivity contribution < 1.29 is 9.53 Å². The van der Waals surface area contributed by atoms with Gasteiger partial charge in [0.2, 0.25) is 0 Å². The summed E-state index contributed by atoms with van der Waals surface area (Å²) in [6.07, 6.45) is 0.899. The van der Waals surface area contributed by atoms with Crippen LogP contribution in [0.1, 0.15) is 35.0 Å². The molecule has 0 radical (unpaired) electrons. The van der Waals surface area contributed by atoms with E-state index in [2.05, 4.69) is 41.5 Å². The first kappa shape index (κ1) is 18.1. The highest BCUT2D eigenvalue weighted by Crippen LogP contribution is 2.24. The standard InChI is InChI=1S/C21H22N2O2S/c1-3-12-25-19-7-5-4-6-18(19)20(24)22-13-17-14-26-21(23-17)16-10-8-15(2)9-11-16/h4-11,14H,3,12-13H2,1-2H3,(H,22,24). The molecule has 1 aromatic heterocycles. The first-order valence-corrected chi connectivity index (χ1v) is 9.57. The lowest BCUT2D eigenvalue weighted by molar-refractivity contribution is 0.0946. The van der Waals surface area contributed by atoms with Gasteiger partial charge in [0.05, 0.1) is 24.4 Å². The number of benzene rings is 2. The second-order valence-corrected chi connectivity index (χ2v) is 6.90. The van der Waals surface area contributed by atoms with E-state index in [1.807, 2.05) is 30.5 Å². The Balaban J connectivity index is 1.64. The average Bonchev–Trinajstić information content (AvgIpc) is 3.14. The number of hydrogen-bond donors (Lipinski definition) is 1. The zero-order valence-electron chi connectivity index (χ0n) is 15.0. The number of amides is 1. The third kappa shape index (κ3) is 4.49. The molecule has 5 heteroatoms. The van der Waals surface area contributed by atoms with Crippen molar-refractivity contribution in [2.45, 2.75) is 26.8 Å². The van der Waals surface area contributed by atoms with E-state index in [1.165, 1.54) is 5.56 Å².